The maximum absolute atomic E-state index is 10.7. The van der Waals surface area contributed by atoms with Gasteiger partial charge in [-0.15, -0.1) is 0 Å². The van der Waals surface area contributed by atoms with Crippen LogP contribution < -0.4 is 0 Å². The number of methoxy groups -OCH3 is 1. The molecule has 0 aromatic heterocycles. The maximum atomic E-state index is 10.7. The largest absolute Gasteiger partial charge is 0.481 e. The van der Waals surface area contributed by atoms with Gasteiger partial charge in [0, 0.05) is 24.8 Å². The Kier molecular flexibility index (Phi) is 30.7. The number of aliphatic hydroxyl groups excluding tert-OH is 2. The zero-order chi connectivity index (χ0) is 24.4. The van der Waals surface area contributed by atoms with Crippen LogP contribution in [0.1, 0.15) is 97.3 Å². The Morgan fingerprint density at radius 2 is 1.39 bits per heavy atom. The van der Waals surface area contributed by atoms with Crippen LogP contribution in [0.25, 0.3) is 0 Å². The van der Waals surface area contributed by atoms with E-state index in [4.69, 9.17) is 27.5 Å². The zero-order valence-electron chi connectivity index (χ0n) is 20.0. The molecule has 184 valence electrons. The molecule has 0 saturated carbocycles. The van der Waals surface area contributed by atoms with Crippen LogP contribution in [-0.4, -0.2) is 57.7 Å². The van der Waals surface area contributed by atoms with Gasteiger partial charge in [0.25, 0.3) is 0 Å². The van der Waals surface area contributed by atoms with Crippen molar-refractivity contribution in [2.45, 2.75) is 102 Å². The summed E-state index contributed by atoms with van der Waals surface area (Å²) in [5, 5.41) is 33.3. The van der Waals surface area contributed by atoms with Gasteiger partial charge in [-0.05, 0) is 26.2 Å². The topological polar surface area (TPSA) is 111 Å². The summed E-state index contributed by atoms with van der Waals surface area (Å²) < 4.78 is 4.37. The van der Waals surface area contributed by atoms with Gasteiger partial charge in [-0.25, -0.2) is 0 Å². The number of ether oxygens (including phenoxy) is 1. The van der Waals surface area contributed by atoms with Crippen LogP contribution >= 0.6 is 24.0 Å². The Morgan fingerprint density at radius 3 is 1.74 bits per heavy atom. The summed E-state index contributed by atoms with van der Waals surface area (Å²) in [4.78, 5) is 10.7. The second-order valence-corrected chi connectivity index (χ2v) is 9.85. The molecular formula is C23H45NO5S2. The summed E-state index contributed by atoms with van der Waals surface area (Å²) in [6.45, 7) is 3.78. The predicted molar refractivity (Wildman–Crippen MR) is 135 cm³/mol. The van der Waals surface area contributed by atoms with Crippen molar-refractivity contribution in [3.05, 3.63) is 0 Å². The number of nitrogens with zero attached hydrogens (tertiary/aromatic N) is 1. The number of aliphatic hydroxyl groups is 2. The average molecular weight is 480 g/mol. The zero-order valence-corrected chi connectivity index (χ0v) is 21.7. The minimum absolute atomic E-state index is 0.0118. The number of nitriles is 1. The molecule has 0 radical (unpaired) electrons. The van der Waals surface area contributed by atoms with Crippen LogP contribution in [0, 0.1) is 11.3 Å². The maximum Gasteiger partial charge on any atom is 0.303 e. The molecular weight excluding hydrogens is 434 g/mol. The molecule has 0 spiro atoms. The molecule has 0 saturated heterocycles. The molecule has 0 aromatic carbocycles. The molecule has 31 heavy (non-hydrogen) atoms. The van der Waals surface area contributed by atoms with Crippen molar-refractivity contribution in [2.24, 2.45) is 0 Å². The Morgan fingerprint density at radius 1 is 0.968 bits per heavy atom. The number of hydrogen-bond acceptors (Lipinski definition) is 7. The van der Waals surface area contributed by atoms with E-state index in [0.29, 0.717) is 6.42 Å². The van der Waals surface area contributed by atoms with Gasteiger partial charge in [-0.2, -0.15) is 5.26 Å². The molecule has 0 aliphatic rings. The number of thiocarbonyl (C=S) groups is 1. The minimum Gasteiger partial charge on any atom is -0.481 e. The monoisotopic (exact) mass is 479 g/mol. The van der Waals surface area contributed by atoms with Crippen molar-refractivity contribution in [2.75, 3.05) is 27.4 Å². The fourth-order valence-electron chi connectivity index (χ4n) is 2.53. The van der Waals surface area contributed by atoms with E-state index in [0.717, 1.165) is 17.0 Å². The Labute approximate surface area is 199 Å². The lowest BCUT2D eigenvalue weighted by molar-refractivity contribution is -0.137. The third kappa shape index (κ3) is 31.6. The van der Waals surface area contributed by atoms with Crippen LogP contribution in [0.3, 0.4) is 0 Å². The van der Waals surface area contributed by atoms with Crippen molar-refractivity contribution in [1.82, 2.24) is 0 Å². The second-order valence-electron chi connectivity index (χ2n) is 7.50. The van der Waals surface area contributed by atoms with Gasteiger partial charge in [0.15, 0.2) is 0 Å². The molecule has 0 heterocycles. The summed E-state index contributed by atoms with van der Waals surface area (Å²) in [5.41, 5.74) is 0. The first-order valence-electron chi connectivity index (χ1n) is 11.2. The first kappa shape index (κ1) is 34.9. The number of thioether (sulfide) groups is 1. The van der Waals surface area contributed by atoms with Crippen molar-refractivity contribution < 1.29 is 24.9 Å². The van der Waals surface area contributed by atoms with Gasteiger partial charge >= 0.3 is 5.97 Å². The molecule has 0 fully saturated rings. The van der Waals surface area contributed by atoms with Crippen LogP contribution in [0.2, 0.25) is 0 Å². The molecule has 1 unspecified atom stereocenters. The van der Waals surface area contributed by atoms with Crippen LogP contribution in [0.5, 0.6) is 0 Å². The third-order valence-electron chi connectivity index (χ3n) is 4.23. The number of unbranched alkanes of at least 4 members (excludes halogenated alkanes) is 9. The van der Waals surface area contributed by atoms with E-state index in [-0.39, 0.29) is 19.6 Å². The lowest BCUT2D eigenvalue weighted by Gasteiger charge is -2.20. The quantitative estimate of drug-likeness (QED) is 0.190. The Balaban J connectivity index is -0.000000971. The normalized spacial score (nSPS) is 11.8. The number of hydrogen-bond donors (Lipinski definition) is 3. The van der Waals surface area contributed by atoms with Gasteiger partial charge in [0.2, 0.25) is 0 Å². The summed E-state index contributed by atoms with van der Waals surface area (Å²) in [5.74, 6) is -0.863. The van der Waals surface area contributed by atoms with E-state index in [9.17, 15) is 10.1 Å². The molecule has 1 atom stereocenters. The molecule has 0 rings (SSSR count). The molecule has 0 aliphatic carbocycles. The molecule has 6 nitrogen and oxygen atoms in total. The number of rotatable bonds is 16. The molecule has 0 amide bonds. The fraction of sp³-hybridized carbons (Fsp3) is 0.870. The number of aliphatic carboxylic acids is 1. The van der Waals surface area contributed by atoms with E-state index >= 15 is 0 Å². The predicted octanol–water partition coefficient (Wildman–Crippen LogP) is 5.74. The fourth-order valence-corrected chi connectivity index (χ4v) is 4.23. The summed E-state index contributed by atoms with van der Waals surface area (Å²) in [7, 11) is 3.25. The van der Waals surface area contributed by atoms with Gasteiger partial charge in [-0.3, -0.25) is 4.79 Å². The van der Waals surface area contributed by atoms with E-state index in [1.807, 2.05) is 0 Å². The summed E-state index contributed by atoms with van der Waals surface area (Å²) >= 11 is 6.75. The summed E-state index contributed by atoms with van der Waals surface area (Å²) in [6.07, 6.45) is 14.1. The highest BCUT2D eigenvalue weighted by Crippen LogP contribution is 2.32. The van der Waals surface area contributed by atoms with Gasteiger partial charge in [0.05, 0.1) is 19.3 Å². The van der Waals surface area contributed by atoms with Crippen LogP contribution in [0.15, 0.2) is 0 Å². The number of carboxylic acid groups (broad SMARTS) is 1. The molecule has 8 heteroatoms. The van der Waals surface area contributed by atoms with E-state index in [1.54, 1.807) is 21.1 Å². The van der Waals surface area contributed by atoms with E-state index < -0.39 is 10.7 Å². The van der Waals surface area contributed by atoms with Gasteiger partial charge in [-0.1, -0.05) is 88.7 Å². The van der Waals surface area contributed by atoms with Crippen LogP contribution in [0.4, 0.5) is 0 Å². The Hall–Kier alpha value is -0.720. The minimum atomic E-state index is -0.863. The van der Waals surface area contributed by atoms with Crippen molar-refractivity contribution in [3.63, 3.8) is 0 Å². The smallest absolute Gasteiger partial charge is 0.303 e. The number of carbonyl (C=O) groups is 1. The lowest BCUT2D eigenvalue weighted by Crippen LogP contribution is -2.21. The highest BCUT2D eigenvalue weighted by molar-refractivity contribution is 8.24. The van der Waals surface area contributed by atoms with Crippen LogP contribution in [-0.2, 0) is 9.53 Å². The Bertz CT molecular complexity index is 456. The lowest BCUT2D eigenvalue weighted by atomic mass is 10.1. The average Bonchev–Trinajstić information content (AvgIpc) is 2.74. The number of carboxylic acids is 1. The summed E-state index contributed by atoms with van der Waals surface area (Å²) in [6, 6.07) is 2.22. The molecule has 0 bridgehead atoms. The van der Waals surface area contributed by atoms with Gasteiger partial charge < -0.3 is 20.1 Å². The highest BCUT2D eigenvalue weighted by Gasteiger charge is 2.27. The van der Waals surface area contributed by atoms with E-state index in [2.05, 4.69) is 17.7 Å². The molecule has 0 aliphatic heterocycles. The van der Waals surface area contributed by atoms with Gasteiger partial charge in [0.1, 0.15) is 4.75 Å². The van der Waals surface area contributed by atoms with Crippen molar-refractivity contribution >= 4 is 34.1 Å². The SMILES string of the molecule is CCCCCCCCCCCCC(=S)SC(C)(C#N)CCC(=O)O.COC.OCCO. The van der Waals surface area contributed by atoms with Crippen molar-refractivity contribution in [3.8, 4) is 6.07 Å². The molecule has 0 aromatic rings. The second kappa shape index (κ2) is 27.3. The van der Waals surface area contributed by atoms with E-state index in [1.165, 1.54) is 69.5 Å². The first-order valence-corrected chi connectivity index (χ1v) is 12.5. The molecule has 3 N–H and O–H groups in total. The first-order chi connectivity index (χ1) is 14.8. The highest BCUT2D eigenvalue weighted by atomic mass is 32.2. The third-order valence-corrected chi connectivity index (χ3v) is 5.86. The van der Waals surface area contributed by atoms with Crippen molar-refractivity contribution in [1.29, 1.82) is 5.26 Å². The standard InChI is InChI=1S/C19H33NO2S2.C2H6O2.C2H6O/c1-3-4-5-6-7-8-9-10-11-12-13-18(23)24-19(2,16-20)15-14-17(21)22;3-1-2-4;1-3-2/h3-15H2,1-2H3,(H,21,22);3-4H,1-2H2;1-2H3.